The summed E-state index contributed by atoms with van der Waals surface area (Å²) >= 11 is 0. The monoisotopic (exact) mass is 214 g/mol. The highest BCUT2D eigenvalue weighted by Crippen LogP contribution is 1.88. The van der Waals surface area contributed by atoms with Crippen molar-refractivity contribution >= 4 is 5.91 Å². The number of aromatic nitrogens is 2. The van der Waals surface area contributed by atoms with Crippen molar-refractivity contribution in [3.63, 3.8) is 0 Å². The Labute approximate surface area is 87.0 Å². The standard InChI is InChI=1S/C8H14N4O3/c1-14-4-6(9)8(13)10-3-2-7-11-5-15-12-7/h5-6H,2-4,9H2,1H3,(H,10,13). The highest BCUT2D eigenvalue weighted by atomic mass is 16.5. The van der Waals surface area contributed by atoms with Crippen molar-refractivity contribution in [3.05, 3.63) is 12.2 Å². The van der Waals surface area contributed by atoms with Crippen LogP contribution in [-0.4, -0.2) is 42.4 Å². The molecule has 0 aliphatic rings. The van der Waals surface area contributed by atoms with Gasteiger partial charge in [-0.05, 0) is 0 Å². The minimum absolute atomic E-state index is 0.202. The first-order valence-electron chi connectivity index (χ1n) is 4.51. The Bertz CT molecular complexity index is 288. The average molecular weight is 214 g/mol. The molecule has 1 aromatic rings. The summed E-state index contributed by atoms with van der Waals surface area (Å²) in [7, 11) is 1.49. The van der Waals surface area contributed by atoms with E-state index < -0.39 is 6.04 Å². The number of nitrogens with zero attached hydrogens (tertiary/aromatic N) is 2. The third-order valence-corrected chi connectivity index (χ3v) is 1.74. The van der Waals surface area contributed by atoms with Crippen molar-refractivity contribution in [2.45, 2.75) is 12.5 Å². The lowest BCUT2D eigenvalue weighted by Crippen LogP contribution is -2.44. The lowest BCUT2D eigenvalue weighted by Gasteiger charge is -2.09. The molecule has 15 heavy (non-hydrogen) atoms. The van der Waals surface area contributed by atoms with Crippen molar-refractivity contribution in [1.29, 1.82) is 0 Å². The van der Waals surface area contributed by atoms with E-state index in [1.54, 1.807) is 0 Å². The molecule has 0 saturated carbocycles. The summed E-state index contributed by atoms with van der Waals surface area (Å²) in [4.78, 5) is 15.1. The van der Waals surface area contributed by atoms with Gasteiger partial charge in [0.25, 0.3) is 0 Å². The highest BCUT2D eigenvalue weighted by molar-refractivity contribution is 5.81. The van der Waals surface area contributed by atoms with Gasteiger partial charge in [0.05, 0.1) is 6.61 Å². The van der Waals surface area contributed by atoms with Gasteiger partial charge in [0.2, 0.25) is 12.3 Å². The molecule has 0 aliphatic heterocycles. The van der Waals surface area contributed by atoms with Gasteiger partial charge in [-0.1, -0.05) is 5.16 Å². The molecule has 0 radical (unpaired) electrons. The number of carbonyl (C=O) groups excluding carboxylic acids is 1. The van der Waals surface area contributed by atoms with Crippen molar-refractivity contribution < 1.29 is 14.1 Å². The number of hydrogen-bond acceptors (Lipinski definition) is 6. The minimum Gasteiger partial charge on any atom is -0.383 e. The zero-order chi connectivity index (χ0) is 11.1. The summed E-state index contributed by atoms with van der Waals surface area (Å²) < 4.78 is 9.29. The first-order valence-corrected chi connectivity index (χ1v) is 4.51. The van der Waals surface area contributed by atoms with E-state index >= 15 is 0 Å². The second kappa shape index (κ2) is 6.10. The van der Waals surface area contributed by atoms with Gasteiger partial charge in [-0.2, -0.15) is 4.98 Å². The topological polar surface area (TPSA) is 103 Å². The maximum atomic E-state index is 11.3. The first kappa shape index (κ1) is 11.6. The molecule has 1 amide bonds. The smallest absolute Gasteiger partial charge is 0.239 e. The first-order chi connectivity index (χ1) is 7.24. The van der Waals surface area contributed by atoms with Gasteiger partial charge in [0.1, 0.15) is 6.04 Å². The lowest BCUT2D eigenvalue weighted by atomic mass is 10.3. The van der Waals surface area contributed by atoms with Crippen LogP contribution in [0.15, 0.2) is 10.9 Å². The van der Waals surface area contributed by atoms with Gasteiger partial charge in [-0.3, -0.25) is 4.79 Å². The quantitative estimate of drug-likeness (QED) is 0.610. The van der Waals surface area contributed by atoms with Crippen LogP contribution in [0.3, 0.4) is 0 Å². The van der Waals surface area contributed by atoms with E-state index in [0.717, 1.165) is 0 Å². The highest BCUT2D eigenvalue weighted by Gasteiger charge is 2.12. The summed E-state index contributed by atoms with van der Waals surface area (Å²) in [6.45, 7) is 0.629. The Balaban J connectivity index is 2.17. The van der Waals surface area contributed by atoms with E-state index in [1.165, 1.54) is 13.5 Å². The van der Waals surface area contributed by atoms with E-state index in [1.807, 2.05) is 0 Å². The maximum Gasteiger partial charge on any atom is 0.239 e. The molecule has 0 fully saturated rings. The van der Waals surface area contributed by atoms with Crippen LogP contribution < -0.4 is 11.1 Å². The van der Waals surface area contributed by atoms with E-state index in [2.05, 4.69) is 20.0 Å². The zero-order valence-corrected chi connectivity index (χ0v) is 8.47. The molecular weight excluding hydrogens is 200 g/mol. The number of nitrogens with one attached hydrogen (secondary N) is 1. The van der Waals surface area contributed by atoms with E-state index in [0.29, 0.717) is 18.8 Å². The molecule has 7 nitrogen and oxygen atoms in total. The van der Waals surface area contributed by atoms with Crippen LogP contribution in [0.1, 0.15) is 5.82 Å². The molecule has 0 spiro atoms. The molecule has 1 aromatic heterocycles. The van der Waals surface area contributed by atoms with Crippen LogP contribution in [0.5, 0.6) is 0 Å². The predicted octanol–water partition coefficient (Wildman–Crippen LogP) is -1.30. The Morgan fingerprint density at radius 1 is 1.80 bits per heavy atom. The molecule has 1 heterocycles. The molecule has 3 N–H and O–H groups in total. The van der Waals surface area contributed by atoms with Crippen molar-refractivity contribution in [1.82, 2.24) is 15.5 Å². The number of amides is 1. The van der Waals surface area contributed by atoms with E-state index in [4.69, 9.17) is 10.5 Å². The molecule has 1 unspecified atom stereocenters. The van der Waals surface area contributed by atoms with Crippen LogP contribution >= 0.6 is 0 Å². The molecular formula is C8H14N4O3. The lowest BCUT2D eigenvalue weighted by molar-refractivity contribution is -0.123. The third kappa shape index (κ3) is 4.05. The maximum absolute atomic E-state index is 11.3. The Morgan fingerprint density at radius 3 is 3.20 bits per heavy atom. The van der Waals surface area contributed by atoms with Crippen LogP contribution in [0.4, 0.5) is 0 Å². The number of hydrogen-bond donors (Lipinski definition) is 2. The van der Waals surface area contributed by atoms with Crippen LogP contribution in [0.25, 0.3) is 0 Å². The van der Waals surface area contributed by atoms with Gasteiger partial charge in [-0.25, -0.2) is 0 Å². The zero-order valence-electron chi connectivity index (χ0n) is 8.47. The second-order valence-corrected chi connectivity index (χ2v) is 2.95. The molecule has 0 bridgehead atoms. The average Bonchev–Trinajstić information content (AvgIpc) is 2.71. The third-order valence-electron chi connectivity index (χ3n) is 1.74. The van der Waals surface area contributed by atoms with Gasteiger partial charge < -0.3 is 20.3 Å². The Hall–Kier alpha value is -1.47. The van der Waals surface area contributed by atoms with Crippen LogP contribution in [0.2, 0.25) is 0 Å². The molecule has 0 aromatic carbocycles. The van der Waals surface area contributed by atoms with Crippen molar-refractivity contribution in [2.75, 3.05) is 20.3 Å². The molecule has 1 atom stereocenters. The van der Waals surface area contributed by atoms with E-state index in [9.17, 15) is 4.79 Å². The fourth-order valence-corrected chi connectivity index (χ4v) is 0.986. The SMILES string of the molecule is COCC(N)C(=O)NCCc1ncon1. The number of methoxy groups -OCH3 is 1. The molecule has 0 aliphatic carbocycles. The van der Waals surface area contributed by atoms with Crippen LogP contribution in [-0.2, 0) is 16.0 Å². The number of carbonyl (C=O) groups is 1. The number of ether oxygens (including phenoxy) is 1. The van der Waals surface area contributed by atoms with Gasteiger partial charge in [0, 0.05) is 20.1 Å². The van der Waals surface area contributed by atoms with Crippen molar-refractivity contribution in [3.8, 4) is 0 Å². The predicted molar refractivity (Wildman–Crippen MR) is 50.9 cm³/mol. The van der Waals surface area contributed by atoms with Crippen molar-refractivity contribution in [2.24, 2.45) is 5.73 Å². The molecule has 0 saturated heterocycles. The van der Waals surface area contributed by atoms with Crippen LogP contribution in [0, 0.1) is 0 Å². The van der Waals surface area contributed by atoms with Gasteiger partial charge in [0.15, 0.2) is 5.82 Å². The number of nitrogens with two attached hydrogens (primary N) is 1. The largest absolute Gasteiger partial charge is 0.383 e. The Morgan fingerprint density at radius 2 is 2.60 bits per heavy atom. The number of rotatable bonds is 6. The molecule has 1 rings (SSSR count). The minimum atomic E-state index is -0.639. The van der Waals surface area contributed by atoms with Gasteiger partial charge >= 0.3 is 0 Å². The fourth-order valence-electron chi connectivity index (χ4n) is 0.986. The summed E-state index contributed by atoms with van der Waals surface area (Å²) in [5, 5.41) is 6.24. The molecule has 84 valence electrons. The molecule has 7 heteroatoms. The summed E-state index contributed by atoms with van der Waals surface area (Å²) in [6.07, 6.45) is 1.76. The second-order valence-electron chi connectivity index (χ2n) is 2.95. The normalized spacial score (nSPS) is 12.4. The fraction of sp³-hybridized carbons (Fsp3) is 0.625. The Kier molecular flexibility index (Phi) is 4.72. The summed E-state index contributed by atoms with van der Waals surface area (Å²) in [5.74, 6) is 0.302. The van der Waals surface area contributed by atoms with E-state index in [-0.39, 0.29) is 12.5 Å². The summed E-state index contributed by atoms with van der Waals surface area (Å²) in [5.41, 5.74) is 5.50. The summed E-state index contributed by atoms with van der Waals surface area (Å²) in [6, 6.07) is -0.639. The van der Waals surface area contributed by atoms with Gasteiger partial charge in [-0.15, -0.1) is 0 Å².